The Bertz CT molecular complexity index is 1770. The van der Waals surface area contributed by atoms with Crippen LogP contribution in [0.25, 0.3) is 39.2 Å². The Labute approximate surface area is 217 Å². The topological polar surface area (TPSA) is 109 Å². The number of methoxy groups -OCH3 is 2. The molecule has 3 aromatic carbocycles. The van der Waals surface area contributed by atoms with E-state index in [2.05, 4.69) is 20.6 Å². The predicted molar refractivity (Wildman–Crippen MR) is 147 cm³/mol. The Hall–Kier alpha value is -5.31. The number of benzene rings is 3. The van der Waals surface area contributed by atoms with Crippen molar-refractivity contribution in [3.8, 4) is 45.1 Å². The molecule has 0 spiro atoms. The fourth-order valence-corrected chi connectivity index (χ4v) is 4.47. The van der Waals surface area contributed by atoms with E-state index in [1.165, 1.54) is 11.6 Å². The summed E-state index contributed by atoms with van der Waals surface area (Å²) in [6.45, 7) is 0. The SMILES string of the molecule is COc1ccc(-c2c(Nc3cc(OC)n[nH]3)nc3c(-c4ccccc4)c(-c4ccccc4)[nH]n3c2=O)cc1. The predicted octanol–water partition coefficient (Wildman–Crippen LogP) is 5.51. The Morgan fingerprint density at radius 2 is 1.45 bits per heavy atom. The fourth-order valence-electron chi connectivity index (χ4n) is 4.47. The van der Waals surface area contributed by atoms with Gasteiger partial charge in [0.15, 0.2) is 5.65 Å². The zero-order valence-electron chi connectivity index (χ0n) is 20.7. The number of rotatable bonds is 7. The summed E-state index contributed by atoms with van der Waals surface area (Å²) < 4.78 is 12.0. The monoisotopic (exact) mass is 504 g/mol. The van der Waals surface area contributed by atoms with Gasteiger partial charge in [0.2, 0.25) is 5.88 Å². The molecule has 9 nitrogen and oxygen atoms in total. The molecule has 0 unspecified atom stereocenters. The van der Waals surface area contributed by atoms with E-state index in [1.807, 2.05) is 84.9 Å². The number of fused-ring (bicyclic) bond motifs is 1. The molecule has 9 heteroatoms. The van der Waals surface area contributed by atoms with E-state index in [4.69, 9.17) is 14.5 Å². The number of hydrogen-bond donors (Lipinski definition) is 3. The van der Waals surface area contributed by atoms with Crippen molar-refractivity contribution in [1.82, 2.24) is 24.8 Å². The maximum atomic E-state index is 14.2. The van der Waals surface area contributed by atoms with Gasteiger partial charge in [0, 0.05) is 11.6 Å². The Morgan fingerprint density at radius 3 is 2.08 bits per heavy atom. The standard InChI is InChI=1S/C29H24N6O3/c1-37-21-15-13-19(14-16-21)25-27(30-22-17-23(38-2)33-32-22)31-28-24(18-9-5-3-6-10-18)26(34-35(28)29(25)36)20-11-7-4-8-12-20/h3-17,34H,1-2H3,(H2,30,32,33). The third kappa shape index (κ3) is 4.05. The Balaban J connectivity index is 1.65. The molecule has 0 aliphatic rings. The average Bonchev–Trinajstić information content (AvgIpc) is 3.59. The first kappa shape index (κ1) is 23.1. The van der Waals surface area contributed by atoms with Crippen molar-refractivity contribution in [3.63, 3.8) is 0 Å². The lowest BCUT2D eigenvalue weighted by Gasteiger charge is -2.11. The molecule has 3 heterocycles. The van der Waals surface area contributed by atoms with Crippen molar-refractivity contribution < 1.29 is 9.47 Å². The van der Waals surface area contributed by atoms with Crippen molar-refractivity contribution >= 4 is 17.3 Å². The third-order valence-corrected chi connectivity index (χ3v) is 6.30. The highest BCUT2D eigenvalue weighted by atomic mass is 16.5. The van der Waals surface area contributed by atoms with Crippen molar-refractivity contribution in [1.29, 1.82) is 0 Å². The van der Waals surface area contributed by atoms with E-state index in [9.17, 15) is 4.79 Å². The molecule has 6 rings (SSSR count). The first-order valence-electron chi connectivity index (χ1n) is 12.0. The van der Waals surface area contributed by atoms with Gasteiger partial charge >= 0.3 is 0 Å². The quantitative estimate of drug-likeness (QED) is 0.265. The van der Waals surface area contributed by atoms with Crippen LogP contribution in [0.15, 0.2) is 95.8 Å². The van der Waals surface area contributed by atoms with Crippen molar-refractivity contribution in [3.05, 3.63) is 101 Å². The third-order valence-electron chi connectivity index (χ3n) is 6.30. The van der Waals surface area contributed by atoms with Crippen LogP contribution in [0.4, 0.5) is 11.6 Å². The fraction of sp³-hybridized carbons (Fsp3) is 0.0690. The molecular formula is C29H24N6O3. The van der Waals surface area contributed by atoms with E-state index in [0.29, 0.717) is 40.0 Å². The van der Waals surface area contributed by atoms with Crippen LogP contribution in [0.1, 0.15) is 0 Å². The van der Waals surface area contributed by atoms with Crippen molar-refractivity contribution in [2.75, 3.05) is 19.5 Å². The van der Waals surface area contributed by atoms with Gasteiger partial charge in [0.25, 0.3) is 5.56 Å². The van der Waals surface area contributed by atoms with Crippen LogP contribution in [0, 0.1) is 0 Å². The van der Waals surface area contributed by atoms with Gasteiger partial charge in [-0.15, -0.1) is 5.10 Å². The summed E-state index contributed by atoms with van der Waals surface area (Å²) in [4.78, 5) is 19.2. The molecule has 0 saturated heterocycles. The summed E-state index contributed by atoms with van der Waals surface area (Å²) in [5.41, 5.74) is 4.80. The number of ether oxygens (including phenoxy) is 2. The number of hydrogen-bond acceptors (Lipinski definition) is 6. The molecule has 0 aliphatic carbocycles. The molecule has 0 fully saturated rings. The zero-order chi connectivity index (χ0) is 26.1. The number of aromatic amines is 2. The van der Waals surface area contributed by atoms with E-state index >= 15 is 0 Å². The first-order valence-corrected chi connectivity index (χ1v) is 12.0. The zero-order valence-corrected chi connectivity index (χ0v) is 20.7. The van der Waals surface area contributed by atoms with Crippen LogP contribution < -0.4 is 20.3 Å². The highest BCUT2D eigenvalue weighted by Gasteiger charge is 2.23. The molecule has 3 N–H and O–H groups in total. The molecule has 0 bridgehead atoms. The van der Waals surface area contributed by atoms with Gasteiger partial charge in [-0.2, -0.15) is 4.52 Å². The Kier molecular flexibility index (Phi) is 5.85. The Morgan fingerprint density at radius 1 is 0.789 bits per heavy atom. The number of nitrogens with zero attached hydrogens (tertiary/aromatic N) is 3. The lowest BCUT2D eigenvalue weighted by Crippen LogP contribution is -2.19. The second kappa shape index (κ2) is 9.62. The van der Waals surface area contributed by atoms with E-state index in [0.717, 1.165) is 22.4 Å². The highest BCUT2D eigenvalue weighted by Crippen LogP contribution is 2.36. The summed E-state index contributed by atoms with van der Waals surface area (Å²) in [7, 11) is 3.14. The maximum absolute atomic E-state index is 14.2. The van der Waals surface area contributed by atoms with Crippen LogP contribution in [-0.4, -0.2) is 39.0 Å². The van der Waals surface area contributed by atoms with Crippen LogP contribution >= 0.6 is 0 Å². The largest absolute Gasteiger partial charge is 0.497 e. The number of H-pyrrole nitrogens is 2. The highest BCUT2D eigenvalue weighted by molar-refractivity contribution is 5.92. The van der Waals surface area contributed by atoms with Gasteiger partial charge in [0.1, 0.15) is 17.4 Å². The normalized spacial score (nSPS) is 11.0. The minimum atomic E-state index is -0.256. The molecule has 3 aromatic heterocycles. The number of nitrogens with one attached hydrogen (secondary N) is 3. The number of anilines is 2. The summed E-state index contributed by atoms with van der Waals surface area (Å²) in [6, 6.07) is 28.8. The number of aromatic nitrogens is 5. The summed E-state index contributed by atoms with van der Waals surface area (Å²) in [5, 5.41) is 13.6. The molecule has 0 saturated carbocycles. The molecule has 188 valence electrons. The smallest absolute Gasteiger partial charge is 0.282 e. The summed E-state index contributed by atoms with van der Waals surface area (Å²) >= 11 is 0. The van der Waals surface area contributed by atoms with E-state index in [-0.39, 0.29) is 5.56 Å². The average molecular weight is 505 g/mol. The van der Waals surface area contributed by atoms with Crippen LogP contribution in [0.3, 0.4) is 0 Å². The van der Waals surface area contributed by atoms with Crippen molar-refractivity contribution in [2.45, 2.75) is 0 Å². The van der Waals surface area contributed by atoms with Gasteiger partial charge in [0.05, 0.1) is 31.0 Å². The second-order valence-electron chi connectivity index (χ2n) is 8.57. The van der Waals surface area contributed by atoms with Crippen molar-refractivity contribution in [2.24, 2.45) is 0 Å². The van der Waals surface area contributed by atoms with Gasteiger partial charge in [-0.25, -0.2) is 4.98 Å². The van der Waals surface area contributed by atoms with Crippen LogP contribution in [-0.2, 0) is 0 Å². The van der Waals surface area contributed by atoms with Gasteiger partial charge in [-0.3, -0.25) is 15.0 Å². The molecule has 6 aromatic rings. The summed E-state index contributed by atoms with van der Waals surface area (Å²) in [5.74, 6) is 2.01. The minimum absolute atomic E-state index is 0.256. The van der Waals surface area contributed by atoms with Gasteiger partial charge < -0.3 is 14.8 Å². The van der Waals surface area contributed by atoms with E-state index < -0.39 is 0 Å². The lowest BCUT2D eigenvalue weighted by molar-refractivity contribution is 0.397. The van der Waals surface area contributed by atoms with E-state index in [1.54, 1.807) is 13.2 Å². The molecule has 0 atom stereocenters. The molecule has 0 radical (unpaired) electrons. The maximum Gasteiger partial charge on any atom is 0.282 e. The molecular weight excluding hydrogens is 480 g/mol. The second-order valence-corrected chi connectivity index (χ2v) is 8.57. The molecule has 0 amide bonds. The molecule has 0 aliphatic heterocycles. The molecule has 38 heavy (non-hydrogen) atoms. The summed E-state index contributed by atoms with van der Waals surface area (Å²) in [6.07, 6.45) is 0. The van der Waals surface area contributed by atoms with Crippen LogP contribution in [0.2, 0.25) is 0 Å². The van der Waals surface area contributed by atoms with Gasteiger partial charge in [-0.05, 0) is 23.3 Å². The van der Waals surface area contributed by atoms with Gasteiger partial charge in [-0.1, -0.05) is 72.8 Å². The van der Waals surface area contributed by atoms with Crippen LogP contribution in [0.5, 0.6) is 11.6 Å². The lowest BCUT2D eigenvalue weighted by atomic mass is 10.0. The minimum Gasteiger partial charge on any atom is -0.497 e. The first-order chi connectivity index (χ1) is 18.7.